The van der Waals surface area contributed by atoms with E-state index >= 15 is 0 Å². The Kier molecular flexibility index (Phi) is 4.59. The number of Topliss-reactive ketones (excluding diaryl/α,β-unsaturated/α-hetero) is 1. The summed E-state index contributed by atoms with van der Waals surface area (Å²) >= 11 is 5.99. The van der Waals surface area contributed by atoms with Gasteiger partial charge in [0.05, 0.1) is 29.2 Å². The van der Waals surface area contributed by atoms with Crippen molar-refractivity contribution in [2.75, 3.05) is 6.54 Å². The van der Waals surface area contributed by atoms with E-state index in [9.17, 15) is 9.59 Å². The van der Waals surface area contributed by atoms with Gasteiger partial charge in [-0.3, -0.25) is 4.79 Å². The topological polar surface area (TPSA) is 95.1 Å². The highest BCUT2D eigenvalue weighted by molar-refractivity contribution is 6.34. The summed E-state index contributed by atoms with van der Waals surface area (Å²) in [6.07, 6.45) is 0. The van der Waals surface area contributed by atoms with E-state index in [1.165, 1.54) is 6.07 Å². The molecular weight excluding hydrogens is 330 g/mol. The van der Waals surface area contributed by atoms with Crippen LogP contribution in [0.5, 0.6) is 0 Å². The van der Waals surface area contributed by atoms with Crippen LogP contribution in [0.15, 0.2) is 42.5 Å². The fourth-order valence-corrected chi connectivity index (χ4v) is 2.66. The number of imidazole rings is 1. The van der Waals surface area contributed by atoms with Crippen LogP contribution in [0.25, 0.3) is 11.0 Å². The van der Waals surface area contributed by atoms with Gasteiger partial charge in [0, 0.05) is 5.56 Å². The molecule has 0 atom stereocenters. The number of carboxylic acid groups (broad SMARTS) is 1. The molecule has 0 saturated carbocycles. The van der Waals surface area contributed by atoms with E-state index in [1.807, 2.05) is 0 Å². The average molecular weight is 344 g/mol. The molecule has 0 aliphatic carbocycles. The Bertz CT molecular complexity index is 920. The molecule has 0 spiro atoms. The second-order valence-electron chi connectivity index (χ2n) is 5.20. The summed E-state index contributed by atoms with van der Waals surface area (Å²) in [5.41, 5.74) is 1.65. The van der Waals surface area contributed by atoms with Crippen molar-refractivity contribution in [2.45, 2.75) is 6.54 Å². The minimum atomic E-state index is -1.03. The minimum absolute atomic E-state index is 0.104. The van der Waals surface area contributed by atoms with Gasteiger partial charge in [0.25, 0.3) is 0 Å². The largest absolute Gasteiger partial charge is 0.478 e. The zero-order valence-electron chi connectivity index (χ0n) is 12.5. The van der Waals surface area contributed by atoms with E-state index in [-0.39, 0.29) is 17.9 Å². The van der Waals surface area contributed by atoms with Crippen molar-refractivity contribution < 1.29 is 14.7 Å². The zero-order chi connectivity index (χ0) is 17.1. The number of para-hydroxylation sites is 1. The highest BCUT2D eigenvalue weighted by atomic mass is 35.5. The number of hydrogen-bond donors (Lipinski definition) is 3. The van der Waals surface area contributed by atoms with Gasteiger partial charge in [0.1, 0.15) is 11.3 Å². The first kappa shape index (κ1) is 16.2. The second kappa shape index (κ2) is 6.82. The lowest BCUT2D eigenvalue weighted by atomic mass is 10.1. The number of aromatic amines is 1. The van der Waals surface area contributed by atoms with Crippen LogP contribution in [0.2, 0.25) is 5.02 Å². The number of fused-ring (bicyclic) bond motifs is 1. The van der Waals surface area contributed by atoms with Gasteiger partial charge in [-0.1, -0.05) is 29.8 Å². The number of aromatic carboxylic acids is 1. The molecule has 1 heterocycles. The monoisotopic (exact) mass is 343 g/mol. The van der Waals surface area contributed by atoms with Gasteiger partial charge in [-0.15, -0.1) is 0 Å². The lowest BCUT2D eigenvalue weighted by molar-refractivity contribution is 0.0698. The molecule has 0 saturated heterocycles. The summed E-state index contributed by atoms with van der Waals surface area (Å²) in [5.74, 6) is -0.589. The third-order valence-corrected chi connectivity index (χ3v) is 3.87. The minimum Gasteiger partial charge on any atom is -0.478 e. The van der Waals surface area contributed by atoms with E-state index < -0.39 is 5.97 Å². The zero-order valence-corrected chi connectivity index (χ0v) is 13.3. The van der Waals surface area contributed by atoms with Crippen molar-refractivity contribution in [1.82, 2.24) is 15.3 Å². The van der Waals surface area contributed by atoms with Gasteiger partial charge >= 0.3 is 5.97 Å². The highest BCUT2D eigenvalue weighted by Gasteiger charge is 2.13. The normalized spacial score (nSPS) is 10.9. The number of H-pyrrole nitrogens is 1. The molecule has 0 radical (unpaired) electrons. The van der Waals surface area contributed by atoms with Crippen molar-refractivity contribution in [3.63, 3.8) is 0 Å². The Hall–Kier alpha value is -2.70. The SMILES string of the molecule is O=C(CNCc1nc2c(C(=O)O)cccc2[nH]1)c1ccccc1Cl. The molecule has 0 fully saturated rings. The van der Waals surface area contributed by atoms with E-state index in [4.69, 9.17) is 16.7 Å². The molecule has 0 aliphatic heterocycles. The van der Waals surface area contributed by atoms with Gasteiger partial charge in [-0.05, 0) is 24.3 Å². The number of hydrogen-bond acceptors (Lipinski definition) is 4. The molecule has 0 aliphatic rings. The Morgan fingerprint density at radius 3 is 2.62 bits per heavy atom. The number of benzene rings is 2. The lowest BCUT2D eigenvalue weighted by Crippen LogP contribution is -2.23. The maximum Gasteiger partial charge on any atom is 0.337 e. The standard InChI is InChI=1S/C17H14ClN3O3/c18-12-6-2-1-4-10(12)14(22)8-19-9-15-20-13-7-3-5-11(17(23)24)16(13)21-15/h1-7,19H,8-9H2,(H,20,21)(H,23,24). The van der Waals surface area contributed by atoms with E-state index in [1.54, 1.807) is 36.4 Å². The number of rotatable bonds is 6. The van der Waals surface area contributed by atoms with Gasteiger partial charge < -0.3 is 15.4 Å². The van der Waals surface area contributed by atoms with Gasteiger partial charge in [-0.2, -0.15) is 0 Å². The number of halogens is 1. The van der Waals surface area contributed by atoms with Gasteiger partial charge in [0.2, 0.25) is 0 Å². The van der Waals surface area contributed by atoms with E-state index in [0.717, 1.165) is 0 Å². The summed E-state index contributed by atoms with van der Waals surface area (Å²) in [4.78, 5) is 30.6. The first-order chi connectivity index (χ1) is 11.6. The maximum atomic E-state index is 12.1. The Morgan fingerprint density at radius 2 is 1.88 bits per heavy atom. The molecular formula is C17H14ClN3O3. The molecule has 0 bridgehead atoms. The van der Waals surface area contributed by atoms with Gasteiger partial charge in [-0.25, -0.2) is 9.78 Å². The quantitative estimate of drug-likeness (QED) is 0.598. The van der Waals surface area contributed by atoms with Crippen LogP contribution >= 0.6 is 11.6 Å². The maximum absolute atomic E-state index is 12.1. The molecule has 1 aromatic heterocycles. The summed E-state index contributed by atoms with van der Waals surface area (Å²) in [7, 11) is 0. The van der Waals surface area contributed by atoms with Crippen LogP contribution in [0, 0.1) is 0 Å². The van der Waals surface area contributed by atoms with Crippen molar-refractivity contribution in [3.05, 3.63) is 64.4 Å². The molecule has 2 aromatic carbocycles. The molecule has 3 rings (SSSR count). The number of ketones is 1. The third-order valence-electron chi connectivity index (χ3n) is 3.54. The summed E-state index contributed by atoms with van der Waals surface area (Å²) in [5, 5.41) is 12.6. The molecule has 7 heteroatoms. The van der Waals surface area contributed by atoms with E-state index in [2.05, 4.69) is 15.3 Å². The molecule has 0 amide bonds. The number of carbonyl (C=O) groups excluding carboxylic acids is 1. The molecule has 3 N–H and O–H groups in total. The van der Waals surface area contributed by atoms with Crippen LogP contribution in [-0.4, -0.2) is 33.4 Å². The first-order valence-corrected chi connectivity index (χ1v) is 7.63. The number of nitrogens with zero attached hydrogens (tertiary/aromatic N) is 1. The summed E-state index contributed by atoms with van der Waals surface area (Å²) in [6, 6.07) is 11.8. The molecule has 3 aromatic rings. The Morgan fingerprint density at radius 1 is 1.12 bits per heavy atom. The smallest absolute Gasteiger partial charge is 0.337 e. The number of carboxylic acids is 1. The Balaban J connectivity index is 1.68. The molecule has 24 heavy (non-hydrogen) atoms. The predicted octanol–water partition coefficient (Wildman–Crippen LogP) is 2.89. The Labute approximate surface area is 142 Å². The number of aromatic nitrogens is 2. The third kappa shape index (κ3) is 3.29. The molecule has 6 nitrogen and oxygen atoms in total. The van der Waals surface area contributed by atoms with Crippen molar-refractivity contribution in [3.8, 4) is 0 Å². The van der Waals surface area contributed by atoms with Crippen molar-refractivity contribution in [2.24, 2.45) is 0 Å². The fourth-order valence-electron chi connectivity index (χ4n) is 2.42. The molecule has 0 unspecified atom stereocenters. The number of nitrogens with one attached hydrogen (secondary N) is 2. The van der Waals surface area contributed by atoms with Crippen molar-refractivity contribution in [1.29, 1.82) is 0 Å². The average Bonchev–Trinajstić information content (AvgIpc) is 2.97. The molecule has 122 valence electrons. The van der Waals surface area contributed by atoms with E-state index in [0.29, 0.717) is 34.0 Å². The summed E-state index contributed by atoms with van der Waals surface area (Å²) < 4.78 is 0. The lowest BCUT2D eigenvalue weighted by Gasteiger charge is -2.04. The van der Waals surface area contributed by atoms with Crippen LogP contribution < -0.4 is 5.32 Å². The predicted molar refractivity (Wildman–Crippen MR) is 90.5 cm³/mol. The van der Waals surface area contributed by atoms with Gasteiger partial charge in [0.15, 0.2) is 5.78 Å². The summed E-state index contributed by atoms with van der Waals surface area (Å²) in [6.45, 7) is 0.413. The van der Waals surface area contributed by atoms with Crippen LogP contribution in [-0.2, 0) is 6.54 Å². The van der Waals surface area contributed by atoms with Crippen LogP contribution in [0.4, 0.5) is 0 Å². The second-order valence-corrected chi connectivity index (χ2v) is 5.60. The first-order valence-electron chi connectivity index (χ1n) is 7.25. The highest BCUT2D eigenvalue weighted by Crippen LogP contribution is 2.17. The fraction of sp³-hybridized carbons (Fsp3) is 0.118. The number of carbonyl (C=O) groups is 2. The van der Waals surface area contributed by atoms with Crippen LogP contribution in [0.3, 0.4) is 0 Å². The van der Waals surface area contributed by atoms with Crippen LogP contribution in [0.1, 0.15) is 26.5 Å². The van der Waals surface area contributed by atoms with Crippen molar-refractivity contribution >= 4 is 34.4 Å².